The van der Waals surface area contributed by atoms with Crippen LogP contribution in [0.5, 0.6) is 5.75 Å². The fourth-order valence-corrected chi connectivity index (χ4v) is 7.20. The Bertz CT molecular complexity index is 1080. The first-order valence-electron chi connectivity index (χ1n) is 10.7. The van der Waals surface area contributed by atoms with Crippen LogP contribution in [-0.2, 0) is 5.41 Å². The van der Waals surface area contributed by atoms with Crippen molar-refractivity contribution in [3.8, 4) is 16.9 Å². The predicted octanol–water partition coefficient (Wildman–Crippen LogP) is 8.00. The van der Waals surface area contributed by atoms with Crippen molar-refractivity contribution >= 4 is 34.3 Å². The standard InChI is InChI=1S/C26H28OS2/c1-28-23-14-18-19(15-24(23)29-2)25-17-10-6-7-11-20(17)26(21(25)16-22(18)27)12-8-4-3-5-9-13-26/h6-7,10-11,14-16,27H,3-5,8-9,12-13H2,1-2H3. The smallest absolute Gasteiger partial charge is 0.123 e. The van der Waals surface area contributed by atoms with Crippen LogP contribution >= 0.6 is 23.5 Å². The van der Waals surface area contributed by atoms with Gasteiger partial charge < -0.3 is 5.11 Å². The van der Waals surface area contributed by atoms with Gasteiger partial charge in [-0.05, 0) is 71.2 Å². The molecule has 1 spiro atoms. The molecule has 0 atom stereocenters. The van der Waals surface area contributed by atoms with Crippen molar-refractivity contribution in [2.45, 2.75) is 60.2 Å². The van der Waals surface area contributed by atoms with E-state index in [9.17, 15) is 5.11 Å². The quantitative estimate of drug-likeness (QED) is 0.424. The number of thioether (sulfide) groups is 2. The number of phenolic OH excluding ortho intramolecular Hbond substituents is 1. The van der Waals surface area contributed by atoms with Crippen LogP contribution in [0.4, 0.5) is 0 Å². The first kappa shape index (κ1) is 19.4. The van der Waals surface area contributed by atoms with Gasteiger partial charge in [-0.3, -0.25) is 0 Å². The van der Waals surface area contributed by atoms with E-state index in [2.05, 4.69) is 55.0 Å². The third kappa shape index (κ3) is 2.92. The first-order chi connectivity index (χ1) is 14.2. The molecule has 3 heteroatoms. The molecule has 3 aromatic carbocycles. The summed E-state index contributed by atoms with van der Waals surface area (Å²) in [6, 6.07) is 15.7. The average Bonchev–Trinajstić information content (AvgIpc) is 3.00. The van der Waals surface area contributed by atoms with E-state index < -0.39 is 0 Å². The fourth-order valence-electron chi connectivity index (χ4n) is 5.71. The van der Waals surface area contributed by atoms with Crippen LogP contribution in [0.1, 0.15) is 56.1 Å². The van der Waals surface area contributed by atoms with Crippen LogP contribution in [0.3, 0.4) is 0 Å². The summed E-state index contributed by atoms with van der Waals surface area (Å²) >= 11 is 3.56. The maximum absolute atomic E-state index is 11.1. The Kier molecular flexibility index (Phi) is 5.08. The largest absolute Gasteiger partial charge is 0.507 e. The van der Waals surface area contributed by atoms with Gasteiger partial charge in [0.25, 0.3) is 0 Å². The fraction of sp³-hybridized carbons (Fsp3) is 0.385. The summed E-state index contributed by atoms with van der Waals surface area (Å²) in [7, 11) is 0. The van der Waals surface area contributed by atoms with Crippen molar-refractivity contribution in [3.05, 3.63) is 53.6 Å². The zero-order valence-electron chi connectivity index (χ0n) is 17.3. The third-order valence-corrected chi connectivity index (χ3v) is 8.74. The average molecular weight is 421 g/mol. The van der Waals surface area contributed by atoms with Gasteiger partial charge >= 0.3 is 0 Å². The first-order valence-corrected chi connectivity index (χ1v) is 13.2. The number of fused-ring (bicyclic) bond motifs is 7. The monoisotopic (exact) mass is 420 g/mol. The van der Waals surface area contributed by atoms with Crippen molar-refractivity contribution in [2.24, 2.45) is 0 Å². The molecule has 0 heterocycles. The molecule has 1 N–H and O–H groups in total. The van der Waals surface area contributed by atoms with Crippen molar-refractivity contribution < 1.29 is 5.11 Å². The predicted molar refractivity (Wildman–Crippen MR) is 128 cm³/mol. The summed E-state index contributed by atoms with van der Waals surface area (Å²) < 4.78 is 0. The van der Waals surface area contributed by atoms with Crippen LogP contribution < -0.4 is 0 Å². The minimum Gasteiger partial charge on any atom is -0.507 e. The molecule has 150 valence electrons. The molecule has 1 fully saturated rings. The minimum atomic E-state index is 0.0652. The Balaban J connectivity index is 1.86. The molecule has 0 radical (unpaired) electrons. The second-order valence-corrected chi connectivity index (χ2v) is 10.2. The number of hydrogen-bond acceptors (Lipinski definition) is 3. The van der Waals surface area contributed by atoms with Crippen molar-refractivity contribution in [2.75, 3.05) is 12.5 Å². The lowest BCUT2D eigenvalue weighted by Gasteiger charge is -2.34. The van der Waals surface area contributed by atoms with E-state index in [1.807, 2.05) is 0 Å². The number of phenols is 1. The Morgan fingerprint density at radius 2 is 1.38 bits per heavy atom. The van der Waals surface area contributed by atoms with E-state index in [0.717, 1.165) is 5.39 Å². The molecule has 0 amide bonds. The van der Waals surface area contributed by atoms with Gasteiger partial charge in [0.05, 0.1) is 0 Å². The zero-order chi connectivity index (χ0) is 20.0. The van der Waals surface area contributed by atoms with Crippen LogP contribution in [0.15, 0.2) is 52.3 Å². The Labute approximate surface area is 182 Å². The highest BCUT2D eigenvalue weighted by molar-refractivity contribution is 8.01. The van der Waals surface area contributed by atoms with Gasteiger partial charge in [0.2, 0.25) is 0 Å². The topological polar surface area (TPSA) is 20.2 Å². The van der Waals surface area contributed by atoms with E-state index in [1.54, 1.807) is 23.5 Å². The highest BCUT2D eigenvalue weighted by atomic mass is 32.2. The molecule has 0 saturated heterocycles. The summed E-state index contributed by atoms with van der Waals surface area (Å²) in [5, 5.41) is 13.3. The summed E-state index contributed by atoms with van der Waals surface area (Å²) in [4.78, 5) is 2.54. The highest BCUT2D eigenvalue weighted by Crippen LogP contribution is 2.58. The van der Waals surface area contributed by atoms with Gasteiger partial charge in [-0.1, -0.05) is 56.4 Å². The highest BCUT2D eigenvalue weighted by Gasteiger charge is 2.43. The summed E-state index contributed by atoms with van der Waals surface area (Å²) in [6.07, 6.45) is 13.2. The van der Waals surface area contributed by atoms with Gasteiger partial charge in [0, 0.05) is 20.6 Å². The second-order valence-electron chi connectivity index (χ2n) is 8.47. The molecule has 5 rings (SSSR count). The van der Waals surface area contributed by atoms with Crippen molar-refractivity contribution in [1.29, 1.82) is 0 Å². The molecule has 1 nitrogen and oxygen atoms in total. The van der Waals surface area contributed by atoms with Gasteiger partial charge in [-0.2, -0.15) is 0 Å². The molecule has 2 aliphatic carbocycles. The number of rotatable bonds is 2. The van der Waals surface area contributed by atoms with Gasteiger partial charge in [-0.15, -0.1) is 23.5 Å². The lowest BCUT2D eigenvalue weighted by Crippen LogP contribution is -2.26. The van der Waals surface area contributed by atoms with Crippen LogP contribution in [-0.4, -0.2) is 17.6 Å². The molecule has 2 aliphatic rings. The molecule has 1 saturated carbocycles. The maximum Gasteiger partial charge on any atom is 0.123 e. The lowest BCUT2D eigenvalue weighted by atomic mass is 9.69. The van der Waals surface area contributed by atoms with Gasteiger partial charge in [0.1, 0.15) is 5.75 Å². The Morgan fingerprint density at radius 1 is 0.759 bits per heavy atom. The van der Waals surface area contributed by atoms with E-state index in [1.165, 1.54) is 82.4 Å². The normalized spacial score (nSPS) is 17.7. The number of aromatic hydroxyl groups is 1. The maximum atomic E-state index is 11.1. The van der Waals surface area contributed by atoms with Crippen molar-refractivity contribution in [1.82, 2.24) is 0 Å². The summed E-state index contributed by atoms with van der Waals surface area (Å²) in [5.74, 6) is 0.441. The van der Waals surface area contributed by atoms with Crippen molar-refractivity contribution in [3.63, 3.8) is 0 Å². The molecule has 0 bridgehead atoms. The third-order valence-electron chi connectivity index (χ3n) is 7.05. The zero-order valence-corrected chi connectivity index (χ0v) is 18.9. The molecular formula is C26H28OS2. The van der Waals surface area contributed by atoms with Gasteiger partial charge in [-0.25, -0.2) is 0 Å². The molecule has 29 heavy (non-hydrogen) atoms. The lowest BCUT2D eigenvalue weighted by molar-refractivity contribution is 0.372. The SMILES string of the molecule is CSc1cc2c(O)cc3c(c2cc1SC)-c1ccccc1C31CCCCCCC1. The van der Waals surface area contributed by atoms with Crippen LogP contribution in [0, 0.1) is 0 Å². The van der Waals surface area contributed by atoms with E-state index in [4.69, 9.17) is 0 Å². The van der Waals surface area contributed by atoms with E-state index >= 15 is 0 Å². The molecule has 0 aromatic heterocycles. The van der Waals surface area contributed by atoms with E-state index in [-0.39, 0.29) is 5.41 Å². The second kappa shape index (κ2) is 7.59. The summed E-state index contributed by atoms with van der Waals surface area (Å²) in [6.45, 7) is 0. The molecular weight excluding hydrogens is 392 g/mol. The molecule has 0 unspecified atom stereocenters. The number of benzene rings is 3. The van der Waals surface area contributed by atoms with Gasteiger partial charge in [0.15, 0.2) is 0 Å². The molecule has 3 aromatic rings. The number of hydrogen-bond donors (Lipinski definition) is 1. The van der Waals surface area contributed by atoms with Crippen LogP contribution in [0.2, 0.25) is 0 Å². The molecule has 0 aliphatic heterocycles. The van der Waals surface area contributed by atoms with E-state index in [0.29, 0.717) is 5.75 Å². The Hall–Kier alpha value is -1.58. The van der Waals surface area contributed by atoms with Crippen LogP contribution in [0.25, 0.3) is 21.9 Å². The Morgan fingerprint density at radius 3 is 2.07 bits per heavy atom. The summed E-state index contributed by atoms with van der Waals surface area (Å²) in [5.41, 5.74) is 5.68. The minimum absolute atomic E-state index is 0.0652.